The number of ether oxygens (including phenoxy) is 2. The van der Waals surface area contributed by atoms with E-state index in [-0.39, 0.29) is 11.0 Å². The number of benzene rings is 1. The second-order valence-corrected chi connectivity index (χ2v) is 11.2. The number of piperazine rings is 1. The van der Waals surface area contributed by atoms with Crippen LogP contribution in [-0.2, 0) is 14.8 Å². The van der Waals surface area contributed by atoms with Gasteiger partial charge in [-0.3, -0.25) is 0 Å². The van der Waals surface area contributed by atoms with Crippen molar-refractivity contribution >= 4 is 27.2 Å². The number of aromatic nitrogens is 1. The fourth-order valence-corrected chi connectivity index (χ4v) is 6.34. The van der Waals surface area contributed by atoms with Gasteiger partial charge >= 0.3 is 0 Å². The molecule has 1 unspecified atom stereocenters. The molecule has 3 aliphatic rings. The SMILES string of the molecule is COC1C=CC=C2Oc3ncccc3C(=CCCN3CCN(S(=O)(=O)c4cccc(Cl)c4)CC3)C=C21. The first-order valence-corrected chi connectivity index (χ1v) is 13.7. The maximum absolute atomic E-state index is 13.0. The van der Waals surface area contributed by atoms with Crippen molar-refractivity contribution in [2.75, 3.05) is 39.8 Å². The summed E-state index contributed by atoms with van der Waals surface area (Å²) in [6.45, 7) is 3.08. The summed E-state index contributed by atoms with van der Waals surface area (Å²) in [6, 6.07) is 10.4. The van der Waals surface area contributed by atoms with E-state index >= 15 is 0 Å². The molecular weight excluding hydrogens is 498 g/mol. The Labute approximate surface area is 217 Å². The summed E-state index contributed by atoms with van der Waals surface area (Å²) in [5.41, 5.74) is 2.94. The predicted molar refractivity (Wildman–Crippen MR) is 140 cm³/mol. The van der Waals surface area contributed by atoms with Crippen LogP contribution in [0, 0.1) is 0 Å². The molecule has 2 aliphatic heterocycles. The van der Waals surface area contributed by atoms with E-state index < -0.39 is 10.0 Å². The molecule has 7 nitrogen and oxygen atoms in total. The molecule has 1 fully saturated rings. The van der Waals surface area contributed by atoms with Crippen molar-refractivity contribution in [2.45, 2.75) is 17.4 Å². The summed E-state index contributed by atoms with van der Waals surface area (Å²) in [5.74, 6) is 1.32. The number of sulfonamides is 1. The van der Waals surface area contributed by atoms with Gasteiger partial charge < -0.3 is 14.4 Å². The Hall–Kier alpha value is -2.75. The highest BCUT2D eigenvalue weighted by Crippen LogP contribution is 2.36. The minimum Gasteiger partial charge on any atom is -0.438 e. The number of allylic oxidation sites excluding steroid dienone is 4. The summed E-state index contributed by atoms with van der Waals surface area (Å²) >= 11 is 6.00. The van der Waals surface area contributed by atoms with E-state index in [1.165, 1.54) is 10.4 Å². The third-order valence-corrected chi connectivity index (χ3v) is 8.68. The van der Waals surface area contributed by atoms with Gasteiger partial charge in [-0.05, 0) is 54.5 Å². The quantitative estimate of drug-likeness (QED) is 0.560. The molecule has 1 saturated heterocycles. The minimum absolute atomic E-state index is 0.183. The van der Waals surface area contributed by atoms with E-state index in [4.69, 9.17) is 21.1 Å². The highest BCUT2D eigenvalue weighted by Gasteiger charge is 2.29. The molecule has 36 heavy (non-hydrogen) atoms. The number of hydrogen-bond acceptors (Lipinski definition) is 6. The Morgan fingerprint density at radius 1 is 1.19 bits per heavy atom. The highest BCUT2D eigenvalue weighted by molar-refractivity contribution is 7.89. The smallest absolute Gasteiger partial charge is 0.243 e. The molecule has 1 aromatic heterocycles. The molecule has 0 amide bonds. The summed E-state index contributed by atoms with van der Waals surface area (Å²) in [5, 5.41) is 0.419. The number of pyridine rings is 1. The summed E-state index contributed by atoms with van der Waals surface area (Å²) in [6.07, 6.45) is 12.5. The van der Waals surface area contributed by atoms with Crippen molar-refractivity contribution in [3.8, 4) is 5.88 Å². The largest absolute Gasteiger partial charge is 0.438 e. The molecule has 1 atom stereocenters. The van der Waals surface area contributed by atoms with Gasteiger partial charge in [-0.25, -0.2) is 13.4 Å². The van der Waals surface area contributed by atoms with Crippen molar-refractivity contribution in [3.05, 3.63) is 94.9 Å². The van der Waals surface area contributed by atoms with Crippen molar-refractivity contribution < 1.29 is 17.9 Å². The lowest BCUT2D eigenvalue weighted by atomic mass is 9.97. The van der Waals surface area contributed by atoms with E-state index in [2.05, 4.69) is 22.0 Å². The lowest BCUT2D eigenvalue weighted by molar-refractivity contribution is 0.164. The number of methoxy groups -OCH3 is 1. The van der Waals surface area contributed by atoms with Gasteiger partial charge in [0.1, 0.15) is 11.9 Å². The average Bonchev–Trinajstić information content (AvgIpc) is 3.05. The number of nitrogens with zero attached hydrogens (tertiary/aromatic N) is 3. The predicted octanol–water partition coefficient (Wildman–Crippen LogP) is 4.30. The van der Waals surface area contributed by atoms with Crippen molar-refractivity contribution in [2.24, 2.45) is 0 Å². The summed E-state index contributed by atoms with van der Waals surface area (Å²) in [4.78, 5) is 6.98. The lowest BCUT2D eigenvalue weighted by Gasteiger charge is -2.33. The van der Waals surface area contributed by atoms with Crippen LogP contribution in [-0.4, -0.2) is 68.5 Å². The molecule has 9 heteroatoms. The van der Waals surface area contributed by atoms with Crippen molar-refractivity contribution in [3.63, 3.8) is 0 Å². The van der Waals surface area contributed by atoms with E-state index in [1.54, 1.807) is 31.5 Å². The Balaban J connectivity index is 1.27. The van der Waals surface area contributed by atoms with Crippen molar-refractivity contribution in [1.82, 2.24) is 14.2 Å². The fourth-order valence-electron chi connectivity index (χ4n) is 4.62. The van der Waals surface area contributed by atoms with Crippen LogP contribution in [0.25, 0.3) is 5.57 Å². The van der Waals surface area contributed by atoms with E-state index in [9.17, 15) is 8.42 Å². The zero-order valence-electron chi connectivity index (χ0n) is 20.0. The highest BCUT2D eigenvalue weighted by atomic mass is 35.5. The Bertz CT molecular complexity index is 1360. The molecule has 0 N–H and O–H groups in total. The van der Waals surface area contributed by atoms with E-state index in [0.29, 0.717) is 37.1 Å². The number of halogens is 1. The first kappa shape index (κ1) is 24.9. The third-order valence-electron chi connectivity index (χ3n) is 6.55. The van der Waals surface area contributed by atoms with Gasteiger partial charge in [0.05, 0.1) is 4.90 Å². The zero-order chi connectivity index (χ0) is 25.1. The summed E-state index contributed by atoms with van der Waals surface area (Å²) < 4.78 is 39.3. The molecular formula is C27H28ClN3O4S. The second kappa shape index (κ2) is 10.7. The molecule has 1 aliphatic carbocycles. The number of hydrogen-bond donors (Lipinski definition) is 0. The fraction of sp³-hybridized carbons (Fsp3) is 0.296. The van der Waals surface area contributed by atoms with Crippen LogP contribution in [0.4, 0.5) is 0 Å². The van der Waals surface area contributed by atoms with Crippen molar-refractivity contribution in [1.29, 1.82) is 0 Å². The number of rotatable bonds is 6. The van der Waals surface area contributed by atoms with Gasteiger partial charge in [-0.2, -0.15) is 4.31 Å². The van der Waals surface area contributed by atoms with Crippen LogP contribution < -0.4 is 4.74 Å². The van der Waals surface area contributed by atoms with Gasteiger partial charge in [0.15, 0.2) is 0 Å². The Morgan fingerprint density at radius 3 is 2.81 bits per heavy atom. The first-order valence-electron chi connectivity index (χ1n) is 11.9. The monoisotopic (exact) mass is 525 g/mol. The molecule has 0 radical (unpaired) electrons. The Kier molecular flexibility index (Phi) is 7.41. The Morgan fingerprint density at radius 2 is 2.03 bits per heavy atom. The molecule has 0 saturated carbocycles. The molecule has 0 spiro atoms. The average molecular weight is 526 g/mol. The molecule has 5 rings (SSSR count). The van der Waals surface area contributed by atoms with Gasteiger partial charge in [-0.15, -0.1) is 0 Å². The second-order valence-electron chi connectivity index (χ2n) is 8.78. The molecule has 0 bridgehead atoms. The van der Waals surface area contributed by atoms with Gasteiger partial charge in [-0.1, -0.05) is 35.9 Å². The third kappa shape index (κ3) is 5.19. The van der Waals surface area contributed by atoms with Gasteiger partial charge in [0, 0.05) is 62.2 Å². The van der Waals surface area contributed by atoms with Crippen LogP contribution in [0.1, 0.15) is 12.0 Å². The van der Waals surface area contributed by atoms with Crippen LogP contribution in [0.5, 0.6) is 5.88 Å². The maximum atomic E-state index is 13.0. The minimum atomic E-state index is -3.54. The van der Waals surface area contributed by atoms with Crippen LogP contribution >= 0.6 is 11.6 Å². The van der Waals surface area contributed by atoms with E-state index in [1.807, 2.05) is 30.4 Å². The first-order chi connectivity index (χ1) is 17.5. The molecule has 2 aromatic rings. The normalized spacial score (nSPS) is 21.7. The van der Waals surface area contributed by atoms with Gasteiger partial charge in [0.2, 0.25) is 15.9 Å². The zero-order valence-corrected chi connectivity index (χ0v) is 21.6. The molecule has 3 heterocycles. The maximum Gasteiger partial charge on any atom is 0.243 e. The topological polar surface area (TPSA) is 72.0 Å². The molecule has 1 aromatic carbocycles. The van der Waals surface area contributed by atoms with Crippen LogP contribution in [0.15, 0.2) is 89.2 Å². The summed E-state index contributed by atoms with van der Waals surface area (Å²) in [7, 11) is -1.86. The molecule has 188 valence electrons. The standard InChI is InChI=1S/C27H28ClN3O4S/c1-34-25-10-3-11-26-24(25)18-20(23-9-4-12-29-27(23)35-26)6-5-13-30-14-16-31(17-15-30)36(32,33)22-8-2-7-21(28)19-22/h2-4,6-12,18-19,25H,5,13-17H2,1H3. The van der Waals surface area contributed by atoms with Crippen LogP contribution in [0.2, 0.25) is 5.02 Å². The van der Waals surface area contributed by atoms with E-state index in [0.717, 1.165) is 35.4 Å². The lowest BCUT2D eigenvalue weighted by Crippen LogP contribution is -2.48. The van der Waals surface area contributed by atoms with Crippen LogP contribution in [0.3, 0.4) is 0 Å². The number of fused-ring (bicyclic) bond motifs is 2. The van der Waals surface area contributed by atoms with Gasteiger partial charge in [0.25, 0.3) is 0 Å².